The van der Waals surface area contributed by atoms with E-state index in [1.807, 2.05) is 0 Å². The van der Waals surface area contributed by atoms with E-state index >= 15 is 0 Å². The van der Waals surface area contributed by atoms with Gasteiger partial charge in [-0.2, -0.15) is 0 Å². The van der Waals surface area contributed by atoms with E-state index in [0.29, 0.717) is 5.92 Å². The topological polar surface area (TPSA) is 32.3 Å². The summed E-state index contributed by atoms with van der Waals surface area (Å²) in [4.78, 5) is 16.1. The van der Waals surface area contributed by atoms with Crippen LogP contribution in [0.1, 0.15) is 83.1 Å². The molecule has 0 aliphatic heterocycles. The first kappa shape index (κ1) is 20.4. The number of nitrogens with one attached hydrogen (secondary N) is 1. The van der Waals surface area contributed by atoms with Crippen LogP contribution >= 0.6 is 0 Å². The molecule has 1 aromatic carbocycles. The summed E-state index contributed by atoms with van der Waals surface area (Å²) in [6, 6.07) is 10.5. The van der Waals surface area contributed by atoms with Crippen molar-refractivity contribution in [2.45, 2.75) is 83.1 Å². The highest BCUT2D eigenvalue weighted by atomic mass is 16.2. The van der Waals surface area contributed by atoms with Crippen LogP contribution in [-0.4, -0.2) is 36.0 Å². The minimum atomic E-state index is -0.0347. The minimum absolute atomic E-state index is 0.0178. The van der Waals surface area contributed by atoms with Crippen molar-refractivity contribution in [3.8, 4) is 0 Å². The van der Waals surface area contributed by atoms with Gasteiger partial charge in [-0.05, 0) is 50.3 Å². The van der Waals surface area contributed by atoms with Gasteiger partial charge in [0.15, 0.2) is 0 Å². The maximum atomic E-state index is 13.6. The first-order chi connectivity index (χ1) is 13.2. The molecule has 2 aliphatic rings. The molecule has 2 fully saturated rings. The van der Waals surface area contributed by atoms with Crippen LogP contribution in [0.15, 0.2) is 30.3 Å². The molecule has 1 amide bonds. The molecule has 0 bridgehead atoms. The highest BCUT2D eigenvalue weighted by molar-refractivity contribution is 5.84. The number of hydrogen-bond donors (Lipinski definition) is 1. The zero-order chi connectivity index (χ0) is 19.1. The van der Waals surface area contributed by atoms with Crippen LogP contribution in [0.4, 0.5) is 0 Å². The summed E-state index contributed by atoms with van der Waals surface area (Å²) in [5.74, 6) is 0.799. The van der Waals surface area contributed by atoms with E-state index in [1.165, 1.54) is 50.5 Å². The average molecular weight is 371 g/mol. The molecule has 2 saturated carbocycles. The second kappa shape index (κ2) is 9.73. The predicted octanol–water partition coefficient (Wildman–Crippen LogP) is 5.12. The van der Waals surface area contributed by atoms with Crippen molar-refractivity contribution < 1.29 is 4.79 Å². The molecule has 0 saturated heterocycles. The summed E-state index contributed by atoms with van der Waals surface area (Å²) in [6.45, 7) is 7.57. The molecule has 1 unspecified atom stereocenters. The van der Waals surface area contributed by atoms with Crippen LogP contribution in [0.5, 0.6) is 0 Å². The molecule has 3 nitrogen and oxygen atoms in total. The van der Waals surface area contributed by atoms with Gasteiger partial charge in [-0.15, -0.1) is 0 Å². The summed E-state index contributed by atoms with van der Waals surface area (Å²) in [7, 11) is 0. The van der Waals surface area contributed by atoms with E-state index in [0.717, 1.165) is 32.5 Å². The van der Waals surface area contributed by atoms with Crippen LogP contribution < -0.4 is 5.32 Å². The highest BCUT2D eigenvalue weighted by Crippen LogP contribution is 2.39. The molecule has 27 heavy (non-hydrogen) atoms. The highest BCUT2D eigenvalue weighted by Gasteiger charge is 2.39. The summed E-state index contributed by atoms with van der Waals surface area (Å²) in [5, 5.41) is 3.63. The Hall–Kier alpha value is -1.35. The number of hydrogen-bond acceptors (Lipinski definition) is 2. The molecule has 1 aromatic rings. The Morgan fingerprint density at radius 1 is 1.04 bits per heavy atom. The van der Waals surface area contributed by atoms with Gasteiger partial charge in [-0.1, -0.05) is 76.3 Å². The molecule has 1 N–H and O–H groups in total. The lowest BCUT2D eigenvalue weighted by Crippen LogP contribution is -2.57. The van der Waals surface area contributed by atoms with Crippen LogP contribution in [0.25, 0.3) is 0 Å². The van der Waals surface area contributed by atoms with Crippen molar-refractivity contribution in [3.63, 3.8) is 0 Å². The SMILES string of the molecule is CCN(CC)CC1(NC(=O)C(c2ccccc2)C2CCCC2)CCCCC1. The molecule has 0 heterocycles. The van der Waals surface area contributed by atoms with Crippen LogP contribution in [-0.2, 0) is 4.79 Å². The second-order valence-electron chi connectivity index (χ2n) is 8.72. The number of benzene rings is 1. The van der Waals surface area contributed by atoms with E-state index in [4.69, 9.17) is 0 Å². The molecular weight excluding hydrogens is 332 g/mol. The summed E-state index contributed by atoms with van der Waals surface area (Å²) in [5.41, 5.74) is 1.17. The quantitative estimate of drug-likeness (QED) is 0.689. The van der Waals surface area contributed by atoms with Crippen LogP contribution in [0.2, 0.25) is 0 Å². The molecular formula is C24H38N2O. The van der Waals surface area contributed by atoms with E-state index in [2.05, 4.69) is 54.4 Å². The van der Waals surface area contributed by atoms with E-state index in [9.17, 15) is 4.79 Å². The van der Waals surface area contributed by atoms with Gasteiger partial charge < -0.3 is 10.2 Å². The Bertz CT molecular complexity index is 569. The predicted molar refractivity (Wildman–Crippen MR) is 113 cm³/mol. The lowest BCUT2D eigenvalue weighted by atomic mass is 9.78. The van der Waals surface area contributed by atoms with Gasteiger partial charge in [-0.3, -0.25) is 4.79 Å². The zero-order valence-corrected chi connectivity index (χ0v) is 17.4. The summed E-state index contributed by atoms with van der Waals surface area (Å²) < 4.78 is 0. The van der Waals surface area contributed by atoms with Crippen LogP contribution in [0.3, 0.4) is 0 Å². The number of nitrogens with zero attached hydrogens (tertiary/aromatic N) is 1. The number of carbonyl (C=O) groups is 1. The fourth-order valence-electron chi connectivity index (χ4n) is 5.35. The van der Waals surface area contributed by atoms with Crippen molar-refractivity contribution in [2.75, 3.05) is 19.6 Å². The molecule has 150 valence electrons. The fourth-order valence-corrected chi connectivity index (χ4v) is 5.35. The molecule has 3 rings (SSSR count). The van der Waals surface area contributed by atoms with E-state index < -0.39 is 0 Å². The van der Waals surface area contributed by atoms with Gasteiger partial charge in [0.05, 0.1) is 11.5 Å². The molecule has 0 radical (unpaired) electrons. The Labute approximate surface area is 165 Å². The van der Waals surface area contributed by atoms with Crippen molar-refractivity contribution in [1.82, 2.24) is 10.2 Å². The lowest BCUT2D eigenvalue weighted by Gasteiger charge is -2.42. The Kier molecular flexibility index (Phi) is 7.34. The number of rotatable bonds is 8. The molecule has 3 heteroatoms. The summed E-state index contributed by atoms with van der Waals surface area (Å²) >= 11 is 0. The standard InChI is InChI=1S/C24H38N2O/c1-3-26(4-2)19-24(17-11-6-12-18-24)25-23(27)22(21-15-9-10-16-21)20-13-7-5-8-14-20/h5,7-8,13-14,21-22H,3-4,6,9-12,15-19H2,1-2H3,(H,25,27). The van der Waals surface area contributed by atoms with Crippen LogP contribution in [0, 0.1) is 5.92 Å². The molecule has 0 aromatic heterocycles. The van der Waals surface area contributed by atoms with Crippen molar-refractivity contribution in [1.29, 1.82) is 0 Å². The molecule has 1 atom stereocenters. The molecule has 2 aliphatic carbocycles. The normalized spacial score (nSPS) is 21.3. The Morgan fingerprint density at radius 3 is 2.26 bits per heavy atom. The van der Waals surface area contributed by atoms with Crippen molar-refractivity contribution in [3.05, 3.63) is 35.9 Å². The largest absolute Gasteiger partial charge is 0.349 e. The maximum absolute atomic E-state index is 13.6. The van der Waals surface area contributed by atoms with E-state index in [1.54, 1.807) is 0 Å². The second-order valence-corrected chi connectivity index (χ2v) is 8.72. The smallest absolute Gasteiger partial charge is 0.228 e. The van der Waals surface area contributed by atoms with Gasteiger partial charge >= 0.3 is 0 Å². The molecule has 0 spiro atoms. The van der Waals surface area contributed by atoms with Gasteiger partial charge in [0.25, 0.3) is 0 Å². The number of carbonyl (C=O) groups excluding carboxylic acids is 1. The van der Waals surface area contributed by atoms with E-state index in [-0.39, 0.29) is 17.4 Å². The summed E-state index contributed by atoms with van der Waals surface area (Å²) in [6.07, 6.45) is 11.0. The van der Waals surface area contributed by atoms with Gasteiger partial charge in [0.1, 0.15) is 0 Å². The monoisotopic (exact) mass is 370 g/mol. The van der Waals surface area contributed by atoms with Gasteiger partial charge in [-0.25, -0.2) is 0 Å². The number of amides is 1. The van der Waals surface area contributed by atoms with Crippen molar-refractivity contribution >= 4 is 5.91 Å². The minimum Gasteiger partial charge on any atom is -0.349 e. The third-order valence-electron chi connectivity index (χ3n) is 6.93. The maximum Gasteiger partial charge on any atom is 0.228 e. The zero-order valence-electron chi connectivity index (χ0n) is 17.4. The Morgan fingerprint density at radius 2 is 1.67 bits per heavy atom. The average Bonchev–Trinajstić information content (AvgIpc) is 3.22. The first-order valence-corrected chi connectivity index (χ1v) is 11.3. The third kappa shape index (κ3) is 5.13. The van der Waals surface area contributed by atoms with Crippen molar-refractivity contribution in [2.24, 2.45) is 5.92 Å². The Balaban J connectivity index is 1.81. The first-order valence-electron chi connectivity index (χ1n) is 11.3. The van der Waals surface area contributed by atoms with Gasteiger partial charge in [0.2, 0.25) is 5.91 Å². The third-order valence-corrected chi connectivity index (χ3v) is 6.93. The van der Waals surface area contributed by atoms with Gasteiger partial charge in [0, 0.05) is 6.54 Å². The lowest BCUT2D eigenvalue weighted by molar-refractivity contribution is -0.126. The number of likely N-dealkylation sites (N-methyl/N-ethyl adjacent to an activating group) is 1. The fraction of sp³-hybridized carbons (Fsp3) is 0.708.